The smallest absolute Gasteiger partial charge is 0.257 e. The van der Waals surface area contributed by atoms with E-state index in [-0.39, 0.29) is 11.8 Å². The maximum atomic E-state index is 12.1. The molecule has 0 atom stereocenters. The number of hydrogen-bond acceptors (Lipinski definition) is 4. The summed E-state index contributed by atoms with van der Waals surface area (Å²) < 4.78 is 4.89. The number of amides is 2. The van der Waals surface area contributed by atoms with E-state index in [4.69, 9.17) is 4.74 Å². The fraction of sp³-hybridized carbons (Fsp3) is 0.188. The molecule has 6 nitrogen and oxygen atoms in total. The fourth-order valence-corrected chi connectivity index (χ4v) is 1.84. The topological polar surface area (TPSA) is 80.3 Å². The molecule has 6 heteroatoms. The molecule has 0 spiro atoms. The fourth-order valence-electron chi connectivity index (χ4n) is 1.84. The lowest BCUT2D eigenvalue weighted by atomic mass is 10.1. The molecule has 2 N–H and O–H groups in total. The van der Waals surface area contributed by atoms with Crippen LogP contribution in [0.15, 0.2) is 48.8 Å². The Bertz CT molecular complexity index is 644. The number of benzene rings is 1. The van der Waals surface area contributed by atoms with Crippen LogP contribution in [0.1, 0.15) is 20.7 Å². The van der Waals surface area contributed by atoms with Crippen molar-refractivity contribution in [1.82, 2.24) is 10.3 Å². The molecule has 2 aromatic rings. The minimum Gasteiger partial charge on any atom is -0.383 e. The third-order valence-corrected chi connectivity index (χ3v) is 2.94. The Morgan fingerprint density at radius 1 is 1.14 bits per heavy atom. The molecule has 1 heterocycles. The van der Waals surface area contributed by atoms with Gasteiger partial charge in [-0.25, -0.2) is 0 Å². The Morgan fingerprint density at radius 3 is 2.68 bits per heavy atom. The lowest BCUT2D eigenvalue weighted by Gasteiger charge is -2.11. The number of hydrogen-bond donors (Lipinski definition) is 2. The predicted molar refractivity (Wildman–Crippen MR) is 82.8 cm³/mol. The first-order valence-corrected chi connectivity index (χ1v) is 6.80. The van der Waals surface area contributed by atoms with Crippen LogP contribution in [0, 0.1) is 0 Å². The van der Waals surface area contributed by atoms with Crippen LogP contribution in [0.3, 0.4) is 0 Å². The van der Waals surface area contributed by atoms with Crippen LogP contribution >= 0.6 is 0 Å². The van der Waals surface area contributed by atoms with E-state index in [1.54, 1.807) is 49.7 Å². The summed E-state index contributed by atoms with van der Waals surface area (Å²) >= 11 is 0. The van der Waals surface area contributed by atoms with E-state index in [1.165, 1.54) is 6.20 Å². The van der Waals surface area contributed by atoms with Gasteiger partial charge < -0.3 is 15.4 Å². The van der Waals surface area contributed by atoms with Gasteiger partial charge in [0.1, 0.15) is 0 Å². The number of carbonyl (C=O) groups excluding carboxylic acids is 2. The molecule has 22 heavy (non-hydrogen) atoms. The molecule has 0 aliphatic carbocycles. The van der Waals surface area contributed by atoms with E-state index in [0.717, 1.165) is 0 Å². The molecule has 1 aromatic carbocycles. The van der Waals surface area contributed by atoms with E-state index >= 15 is 0 Å². The zero-order valence-electron chi connectivity index (χ0n) is 12.2. The molecule has 1 aromatic heterocycles. The number of methoxy groups -OCH3 is 1. The first kappa shape index (κ1) is 15.7. The molecule has 0 bridgehead atoms. The minimum absolute atomic E-state index is 0.265. The number of aromatic nitrogens is 1. The lowest BCUT2D eigenvalue weighted by Crippen LogP contribution is -2.28. The second-order valence-corrected chi connectivity index (χ2v) is 4.49. The average Bonchev–Trinajstić information content (AvgIpc) is 2.56. The molecule has 2 amide bonds. The van der Waals surface area contributed by atoms with Crippen molar-refractivity contribution >= 4 is 17.5 Å². The average molecular weight is 299 g/mol. The summed E-state index contributed by atoms with van der Waals surface area (Å²) in [4.78, 5) is 28.2. The van der Waals surface area contributed by atoms with Crippen molar-refractivity contribution < 1.29 is 14.3 Å². The van der Waals surface area contributed by atoms with E-state index < -0.39 is 0 Å². The molecule has 0 aliphatic heterocycles. The highest BCUT2D eigenvalue weighted by Gasteiger charge is 2.13. The number of rotatable bonds is 6. The van der Waals surface area contributed by atoms with Gasteiger partial charge in [-0.15, -0.1) is 0 Å². The summed E-state index contributed by atoms with van der Waals surface area (Å²) in [6, 6.07) is 10.2. The molecule has 0 saturated carbocycles. The molecule has 0 aliphatic rings. The zero-order chi connectivity index (χ0) is 15.8. The van der Waals surface area contributed by atoms with Crippen molar-refractivity contribution in [1.29, 1.82) is 0 Å². The van der Waals surface area contributed by atoms with Crippen molar-refractivity contribution in [2.75, 3.05) is 25.6 Å². The van der Waals surface area contributed by atoms with E-state index in [2.05, 4.69) is 15.6 Å². The summed E-state index contributed by atoms with van der Waals surface area (Å²) in [5, 5.41) is 5.45. The van der Waals surface area contributed by atoms with Gasteiger partial charge in [0.25, 0.3) is 11.8 Å². The first-order valence-electron chi connectivity index (χ1n) is 6.80. The van der Waals surface area contributed by atoms with Gasteiger partial charge in [-0.2, -0.15) is 0 Å². The van der Waals surface area contributed by atoms with Crippen molar-refractivity contribution in [2.24, 2.45) is 0 Å². The largest absolute Gasteiger partial charge is 0.383 e. The Balaban J connectivity index is 2.11. The van der Waals surface area contributed by atoms with Gasteiger partial charge in [-0.05, 0) is 24.3 Å². The molecular formula is C16H17N3O3. The number of pyridine rings is 1. The SMILES string of the molecule is COCCNC(=O)c1ccccc1NC(=O)c1cccnc1. The number of ether oxygens (including phenoxy) is 1. The molecular weight excluding hydrogens is 282 g/mol. The molecule has 0 fully saturated rings. The van der Waals surface area contributed by atoms with Gasteiger partial charge in [0.15, 0.2) is 0 Å². The molecule has 0 radical (unpaired) electrons. The molecule has 0 saturated heterocycles. The van der Waals surface area contributed by atoms with E-state index in [0.29, 0.717) is 30.0 Å². The summed E-state index contributed by atoms with van der Waals surface area (Å²) in [5.74, 6) is -0.579. The van der Waals surface area contributed by atoms with Gasteiger partial charge in [-0.3, -0.25) is 14.6 Å². The van der Waals surface area contributed by atoms with Crippen LogP contribution in [-0.2, 0) is 4.74 Å². The number of nitrogens with zero attached hydrogens (tertiary/aromatic N) is 1. The summed E-state index contributed by atoms with van der Waals surface area (Å²) in [5.41, 5.74) is 1.28. The highest BCUT2D eigenvalue weighted by Crippen LogP contribution is 2.16. The van der Waals surface area contributed by atoms with Crippen LogP contribution in [0.2, 0.25) is 0 Å². The Morgan fingerprint density at radius 2 is 1.95 bits per heavy atom. The number of carbonyl (C=O) groups is 2. The minimum atomic E-state index is -0.315. The standard InChI is InChI=1S/C16H17N3O3/c1-22-10-9-18-16(21)13-6-2-3-7-14(13)19-15(20)12-5-4-8-17-11-12/h2-8,11H,9-10H2,1H3,(H,18,21)(H,19,20). The first-order chi connectivity index (χ1) is 10.7. The predicted octanol–water partition coefficient (Wildman–Crippen LogP) is 1.71. The summed E-state index contributed by atoms with van der Waals surface area (Å²) in [6.07, 6.45) is 3.06. The van der Waals surface area contributed by atoms with Gasteiger partial charge in [0.2, 0.25) is 0 Å². The van der Waals surface area contributed by atoms with Crippen LogP contribution < -0.4 is 10.6 Å². The second kappa shape index (κ2) is 7.90. The second-order valence-electron chi connectivity index (χ2n) is 4.49. The number of anilines is 1. The lowest BCUT2D eigenvalue weighted by molar-refractivity contribution is 0.0938. The van der Waals surface area contributed by atoms with Crippen LogP contribution in [0.5, 0.6) is 0 Å². The Labute approximate surface area is 128 Å². The Hall–Kier alpha value is -2.73. The van der Waals surface area contributed by atoms with Crippen LogP contribution in [0.4, 0.5) is 5.69 Å². The third-order valence-electron chi connectivity index (χ3n) is 2.94. The molecule has 0 unspecified atom stereocenters. The molecule has 2 rings (SSSR count). The summed E-state index contributed by atoms with van der Waals surface area (Å²) in [6.45, 7) is 0.830. The Kier molecular flexibility index (Phi) is 5.62. The maximum absolute atomic E-state index is 12.1. The number of nitrogens with one attached hydrogen (secondary N) is 2. The maximum Gasteiger partial charge on any atom is 0.257 e. The highest BCUT2D eigenvalue weighted by molar-refractivity contribution is 6.08. The van der Waals surface area contributed by atoms with Gasteiger partial charge in [0.05, 0.1) is 23.4 Å². The van der Waals surface area contributed by atoms with Crippen molar-refractivity contribution in [3.05, 3.63) is 59.9 Å². The van der Waals surface area contributed by atoms with E-state index in [9.17, 15) is 9.59 Å². The highest BCUT2D eigenvalue weighted by atomic mass is 16.5. The normalized spacial score (nSPS) is 10.0. The van der Waals surface area contributed by atoms with Crippen molar-refractivity contribution in [2.45, 2.75) is 0 Å². The van der Waals surface area contributed by atoms with Crippen LogP contribution in [-0.4, -0.2) is 37.1 Å². The van der Waals surface area contributed by atoms with Crippen molar-refractivity contribution in [3.8, 4) is 0 Å². The quantitative estimate of drug-likeness (QED) is 0.796. The zero-order valence-corrected chi connectivity index (χ0v) is 12.2. The monoisotopic (exact) mass is 299 g/mol. The van der Waals surface area contributed by atoms with E-state index in [1.807, 2.05) is 0 Å². The molecule has 114 valence electrons. The number of para-hydroxylation sites is 1. The third kappa shape index (κ3) is 4.13. The van der Waals surface area contributed by atoms with Gasteiger partial charge in [0, 0.05) is 26.0 Å². The summed E-state index contributed by atoms with van der Waals surface area (Å²) in [7, 11) is 1.56. The van der Waals surface area contributed by atoms with Gasteiger partial charge >= 0.3 is 0 Å². The van der Waals surface area contributed by atoms with Crippen molar-refractivity contribution in [3.63, 3.8) is 0 Å². The van der Waals surface area contributed by atoms with Gasteiger partial charge in [-0.1, -0.05) is 12.1 Å². The van der Waals surface area contributed by atoms with Crippen LogP contribution in [0.25, 0.3) is 0 Å².